The van der Waals surface area contributed by atoms with Gasteiger partial charge in [-0.05, 0) is 51.8 Å². The van der Waals surface area contributed by atoms with Crippen molar-refractivity contribution in [2.24, 2.45) is 0 Å². The molecule has 0 N–H and O–H groups in total. The monoisotopic (exact) mass is 282 g/mol. The third-order valence-corrected chi connectivity index (χ3v) is 3.78. The van der Waals surface area contributed by atoms with Crippen LogP contribution in [0.25, 0.3) is 0 Å². The number of rotatable bonds is 4. The molecule has 2 nitrogen and oxygen atoms in total. The molecule has 0 bridgehead atoms. The van der Waals surface area contributed by atoms with Crippen LogP contribution < -0.4 is 4.74 Å². The first-order chi connectivity index (χ1) is 9.81. The minimum Gasteiger partial charge on any atom is -0.479 e. The highest BCUT2D eigenvalue weighted by Gasteiger charge is 2.31. The Labute approximate surface area is 126 Å². The third-order valence-electron chi connectivity index (χ3n) is 3.78. The summed E-state index contributed by atoms with van der Waals surface area (Å²) in [5.41, 5.74) is 3.15. The van der Waals surface area contributed by atoms with Gasteiger partial charge in [0.25, 0.3) is 0 Å². The van der Waals surface area contributed by atoms with Crippen LogP contribution in [0.15, 0.2) is 42.5 Å². The molecule has 21 heavy (non-hydrogen) atoms. The first-order valence-corrected chi connectivity index (χ1v) is 7.18. The zero-order valence-corrected chi connectivity index (χ0v) is 13.4. The molecule has 0 spiro atoms. The van der Waals surface area contributed by atoms with Crippen LogP contribution >= 0.6 is 0 Å². The summed E-state index contributed by atoms with van der Waals surface area (Å²) in [6.07, 6.45) is 0. The molecule has 0 atom stereocenters. The molecular weight excluding hydrogens is 260 g/mol. The largest absolute Gasteiger partial charge is 0.479 e. The number of hydrogen-bond donors (Lipinski definition) is 0. The Balaban J connectivity index is 2.27. The zero-order valence-electron chi connectivity index (χ0n) is 13.4. The van der Waals surface area contributed by atoms with Crippen molar-refractivity contribution >= 4 is 5.78 Å². The van der Waals surface area contributed by atoms with Crippen LogP contribution in [0.1, 0.15) is 40.9 Å². The smallest absolute Gasteiger partial charge is 0.205 e. The fraction of sp³-hybridized carbons (Fsp3) is 0.316. The first kappa shape index (κ1) is 15.3. The summed E-state index contributed by atoms with van der Waals surface area (Å²) in [7, 11) is 0. The quantitative estimate of drug-likeness (QED) is 0.763. The highest BCUT2D eigenvalue weighted by atomic mass is 16.5. The number of ketones is 1. The Morgan fingerprint density at radius 1 is 0.952 bits per heavy atom. The first-order valence-electron chi connectivity index (χ1n) is 7.18. The summed E-state index contributed by atoms with van der Waals surface area (Å²) >= 11 is 0. The number of aryl methyl sites for hydroxylation is 2. The lowest BCUT2D eigenvalue weighted by molar-refractivity contribution is 0.0582. The van der Waals surface area contributed by atoms with E-state index in [-0.39, 0.29) is 5.78 Å². The van der Waals surface area contributed by atoms with Gasteiger partial charge in [0.15, 0.2) is 5.60 Å². The third kappa shape index (κ3) is 3.33. The summed E-state index contributed by atoms with van der Waals surface area (Å²) in [4.78, 5) is 12.7. The van der Waals surface area contributed by atoms with E-state index in [2.05, 4.69) is 0 Å². The second-order valence-electron chi connectivity index (χ2n) is 6.01. The second-order valence-corrected chi connectivity index (χ2v) is 6.01. The number of carbonyl (C=O) groups is 1. The van der Waals surface area contributed by atoms with Crippen LogP contribution in [0.3, 0.4) is 0 Å². The van der Waals surface area contributed by atoms with Crippen molar-refractivity contribution < 1.29 is 9.53 Å². The second kappa shape index (κ2) is 5.72. The highest BCUT2D eigenvalue weighted by molar-refractivity contribution is 6.02. The van der Waals surface area contributed by atoms with Crippen molar-refractivity contribution in [2.75, 3.05) is 0 Å². The number of ether oxygens (including phenoxy) is 1. The molecule has 0 aliphatic rings. The summed E-state index contributed by atoms with van der Waals surface area (Å²) in [5, 5.41) is 0. The van der Waals surface area contributed by atoms with Gasteiger partial charge in [0.2, 0.25) is 5.78 Å². The van der Waals surface area contributed by atoms with E-state index in [0.717, 1.165) is 22.4 Å². The maximum absolute atomic E-state index is 12.7. The van der Waals surface area contributed by atoms with E-state index in [0.29, 0.717) is 5.56 Å². The average Bonchev–Trinajstić information content (AvgIpc) is 2.44. The lowest BCUT2D eigenvalue weighted by Crippen LogP contribution is -2.38. The molecule has 0 amide bonds. The van der Waals surface area contributed by atoms with Gasteiger partial charge in [-0.25, -0.2) is 0 Å². The summed E-state index contributed by atoms with van der Waals surface area (Å²) < 4.78 is 6.01. The number of hydrogen-bond acceptors (Lipinski definition) is 2. The molecule has 110 valence electrons. The molecule has 2 rings (SSSR count). The van der Waals surface area contributed by atoms with Crippen molar-refractivity contribution in [1.82, 2.24) is 0 Å². The molecule has 0 heterocycles. The minimum atomic E-state index is -0.895. The molecule has 0 radical (unpaired) electrons. The van der Waals surface area contributed by atoms with Crippen molar-refractivity contribution in [3.05, 3.63) is 64.7 Å². The van der Waals surface area contributed by atoms with E-state index in [1.807, 2.05) is 77.1 Å². The van der Waals surface area contributed by atoms with Gasteiger partial charge < -0.3 is 4.74 Å². The van der Waals surface area contributed by atoms with Crippen molar-refractivity contribution in [3.63, 3.8) is 0 Å². The lowest BCUT2D eigenvalue weighted by atomic mass is 9.95. The van der Waals surface area contributed by atoms with E-state index in [4.69, 9.17) is 4.74 Å². The summed E-state index contributed by atoms with van der Waals surface area (Å²) in [6.45, 7) is 9.69. The highest BCUT2D eigenvalue weighted by Crippen LogP contribution is 2.27. The lowest BCUT2D eigenvalue weighted by Gasteiger charge is -2.26. The number of Topliss-reactive ketones (excluding diaryl/α,β-unsaturated/α-hetero) is 1. The topological polar surface area (TPSA) is 26.3 Å². The van der Waals surface area contributed by atoms with Crippen LogP contribution in [-0.4, -0.2) is 11.4 Å². The van der Waals surface area contributed by atoms with Crippen molar-refractivity contribution in [1.29, 1.82) is 0 Å². The molecule has 2 aromatic rings. The van der Waals surface area contributed by atoms with Gasteiger partial charge in [0.05, 0.1) is 0 Å². The average molecular weight is 282 g/mol. The van der Waals surface area contributed by atoms with Crippen LogP contribution in [0, 0.1) is 20.8 Å². The van der Waals surface area contributed by atoms with E-state index in [1.165, 1.54) is 0 Å². The molecule has 2 aromatic carbocycles. The van der Waals surface area contributed by atoms with Gasteiger partial charge in [0.1, 0.15) is 5.75 Å². The Morgan fingerprint density at radius 2 is 1.57 bits per heavy atom. The maximum atomic E-state index is 12.7. The Morgan fingerprint density at radius 3 is 2.19 bits per heavy atom. The summed E-state index contributed by atoms with van der Waals surface area (Å²) in [6, 6.07) is 13.5. The van der Waals surface area contributed by atoms with Gasteiger partial charge in [-0.3, -0.25) is 4.79 Å². The molecule has 0 aliphatic heterocycles. The van der Waals surface area contributed by atoms with E-state index < -0.39 is 5.60 Å². The molecule has 0 saturated carbocycles. The van der Waals surface area contributed by atoms with Gasteiger partial charge in [-0.2, -0.15) is 0 Å². The van der Waals surface area contributed by atoms with Crippen molar-refractivity contribution in [2.45, 2.75) is 40.2 Å². The Kier molecular flexibility index (Phi) is 4.17. The summed E-state index contributed by atoms with van der Waals surface area (Å²) in [5.74, 6) is 0.754. The van der Waals surface area contributed by atoms with E-state index >= 15 is 0 Å². The van der Waals surface area contributed by atoms with E-state index in [1.54, 1.807) is 0 Å². The normalized spacial score (nSPS) is 11.3. The SMILES string of the molecule is Cc1ccc(C(=O)C(C)(C)Oc2cccc(C)c2C)cc1. The van der Waals surface area contributed by atoms with Crippen LogP contribution in [0.4, 0.5) is 0 Å². The standard InChI is InChI=1S/C19H22O2/c1-13-9-11-16(12-10-13)18(20)19(4,5)21-17-8-6-7-14(2)15(17)3/h6-12H,1-5H3. The van der Waals surface area contributed by atoms with Gasteiger partial charge >= 0.3 is 0 Å². The zero-order chi connectivity index (χ0) is 15.6. The van der Waals surface area contributed by atoms with Crippen LogP contribution in [-0.2, 0) is 0 Å². The molecule has 0 fully saturated rings. The Bertz CT molecular complexity index is 652. The molecule has 0 unspecified atom stereocenters. The minimum absolute atomic E-state index is 0.0107. The van der Waals surface area contributed by atoms with Crippen LogP contribution in [0.2, 0.25) is 0 Å². The predicted molar refractivity (Wildman–Crippen MR) is 86.1 cm³/mol. The molecule has 2 heteroatoms. The van der Waals surface area contributed by atoms with Gasteiger partial charge in [-0.1, -0.05) is 42.0 Å². The van der Waals surface area contributed by atoms with Gasteiger partial charge in [-0.15, -0.1) is 0 Å². The maximum Gasteiger partial charge on any atom is 0.205 e. The number of benzene rings is 2. The predicted octanol–water partition coefficient (Wildman–Crippen LogP) is 4.65. The fourth-order valence-corrected chi connectivity index (χ4v) is 2.21. The van der Waals surface area contributed by atoms with E-state index in [9.17, 15) is 4.79 Å². The fourth-order valence-electron chi connectivity index (χ4n) is 2.21. The van der Waals surface area contributed by atoms with Crippen molar-refractivity contribution in [3.8, 4) is 5.75 Å². The molecular formula is C19H22O2. The Hall–Kier alpha value is -2.09. The molecule has 0 saturated heterocycles. The molecule has 0 aliphatic carbocycles. The number of carbonyl (C=O) groups excluding carboxylic acids is 1. The molecule has 0 aromatic heterocycles. The van der Waals surface area contributed by atoms with Gasteiger partial charge in [0, 0.05) is 5.56 Å². The van der Waals surface area contributed by atoms with Crippen LogP contribution in [0.5, 0.6) is 5.75 Å².